The van der Waals surface area contributed by atoms with Crippen LogP contribution >= 0.6 is 0 Å². The number of carbonyl (C=O) groups is 1. The van der Waals surface area contributed by atoms with Crippen molar-refractivity contribution in [2.75, 3.05) is 13.1 Å². The summed E-state index contributed by atoms with van der Waals surface area (Å²) >= 11 is 0. The minimum Gasteiger partial charge on any atom is -0.331 e. The van der Waals surface area contributed by atoms with E-state index in [0.29, 0.717) is 21.6 Å². The van der Waals surface area contributed by atoms with Gasteiger partial charge in [0.1, 0.15) is 0 Å². The Kier molecular flexibility index (Phi) is 3.78. The number of nitrogens with one attached hydrogen (secondary N) is 1. The van der Waals surface area contributed by atoms with Gasteiger partial charge in [-0.25, -0.2) is 0 Å². The maximum absolute atomic E-state index is 12.5. The average molecular weight is 339 g/mol. The molecule has 0 saturated heterocycles. The molecule has 24 heavy (non-hydrogen) atoms. The Morgan fingerprint density at radius 1 is 1.17 bits per heavy atom. The zero-order chi connectivity index (χ0) is 17.5. The van der Waals surface area contributed by atoms with E-state index in [1.807, 2.05) is 0 Å². The van der Waals surface area contributed by atoms with Crippen LogP contribution in [0.3, 0.4) is 0 Å². The number of rotatable bonds is 1. The van der Waals surface area contributed by atoms with Gasteiger partial charge in [0.05, 0.1) is 11.0 Å². The number of aromatic amines is 1. The third kappa shape index (κ3) is 2.72. The van der Waals surface area contributed by atoms with E-state index in [2.05, 4.69) is 4.98 Å². The third-order valence-electron chi connectivity index (χ3n) is 3.79. The largest absolute Gasteiger partial charge is 0.471 e. The number of H-pyrrole nitrogens is 1. The summed E-state index contributed by atoms with van der Waals surface area (Å²) < 4.78 is 38.6. The first-order valence-electron chi connectivity index (χ1n) is 7.08. The summed E-state index contributed by atoms with van der Waals surface area (Å²) in [6.45, 7) is -0.459. The lowest BCUT2D eigenvalue weighted by atomic mass is 10.1. The highest BCUT2D eigenvalue weighted by molar-refractivity contribution is 5.83. The number of aromatic nitrogens is 2. The second-order valence-electron chi connectivity index (χ2n) is 5.31. The minimum atomic E-state index is -4.93. The first-order chi connectivity index (χ1) is 11.3. The Balaban J connectivity index is 2.03. The van der Waals surface area contributed by atoms with E-state index in [0.717, 1.165) is 0 Å². The maximum atomic E-state index is 12.5. The standard InChI is InChI=1S/C15H12F3N3O3/c16-15(17,18)14(24)20-7-5-9(6-8-20)21-11-4-2-1-3-10(11)19-12(22)13(21)23/h1-5H,6-8H2,(H,19,22). The molecular weight excluding hydrogens is 327 g/mol. The van der Waals surface area contributed by atoms with Gasteiger partial charge in [0.15, 0.2) is 0 Å². The number of halogens is 3. The molecule has 1 N–H and O–H groups in total. The van der Waals surface area contributed by atoms with E-state index in [1.165, 1.54) is 10.6 Å². The number of amides is 1. The summed E-state index contributed by atoms with van der Waals surface area (Å²) in [6.07, 6.45) is -3.53. The smallest absolute Gasteiger partial charge is 0.331 e. The highest BCUT2D eigenvalue weighted by Crippen LogP contribution is 2.23. The van der Waals surface area contributed by atoms with Crippen molar-refractivity contribution < 1.29 is 18.0 Å². The van der Waals surface area contributed by atoms with Gasteiger partial charge in [-0.05, 0) is 18.2 Å². The summed E-state index contributed by atoms with van der Waals surface area (Å²) in [6, 6.07) is 6.61. The zero-order valence-corrected chi connectivity index (χ0v) is 12.3. The van der Waals surface area contributed by atoms with Crippen molar-refractivity contribution in [1.82, 2.24) is 14.5 Å². The molecule has 0 saturated carbocycles. The van der Waals surface area contributed by atoms with Crippen LogP contribution in [0.25, 0.3) is 16.7 Å². The monoisotopic (exact) mass is 339 g/mol. The maximum Gasteiger partial charge on any atom is 0.471 e. The van der Waals surface area contributed by atoms with Crippen LogP contribution in [0.15, 0.2) is 39.9 Å². The molecule has 0 radical (unpaired) electrons. The van der Waals surface area contributed by atoms with Gasteiger partial charge in [-0.15, -0.1) is 0 Å². The van der Waals surface area contributed by atoms with Crippen molar-refractivity contribution in [2.45, 2.75) is 12.6 Å². The van der Waals surface area contributed by atoms with E-state index in [9.17, 15) is 27.6 Å². The molecule has 0 atom stereocenters. The molecule has 9 heteroatoms. The molecular formula is C15H12F3N3O3. The van der Waals surface area contributed by atoms with Crippen molar-refractivity contribution >= 4 is 22.6 Å². The fraction of sp³-hybridized carbons (Fsp3) is 0.267. The van der Waals surface area contributed by atoms with Gasteiger partial charge in [0.25, 0.3) is 0 Å². The Morgan fingerprint density at radius 3 is 2.50 bits per heavy atom. The minimum absolute atomic E-state index is 0.0369. The average Bonchev–Trinajstić information content (AvgIpc) is 2.55. The number of fused-ring (bicyclic) bond motifs is 1. The highest BCUT2D eigenvalue weighted by Gasteiger charge is 2.42. The van der Waals surface area contributed by atoms with Crippen molar-refractivity contribution in [3.05, 3.63) is 51.0 Å². The van der Waals surface area contributed by atoms with E-state index >= 15 is 0 Å². The number of nitrogens with zero attached hydrogens (tertiary/aromatic N) is 2. The fourth-order valence-corrected chi connectivity index (χ4v) is 2.67. The van der Waals surface area contributed by atoms with Crippen LogP contribution in [0.5, 0.6) is 0 Å². The number of benzene rings is 1. The summed E-state index contributed by atoms with van der Waals surface area (Å²) in [5, 5.41) is 0. The molecule has 1 aromatic heterocycles. The van der Waals surface area contributed by atoms with Crippen LogP contribution in [0.1, 0.15) is 6.42 Å². The van der Waals surface area contributed by atoms with Gasteiger partial charge >= 0.3 is 23.2 Å². The van der Waals surface area contributed by atoms with Gasteiger partial charge < -0.3 is 9.88 Å². The van der Waals surface area contributed by atoms with E-state index in [4.69, 9.17) is 0 Å². The molecule has 0 unspecified atom stereocenters. The van der Waals surface area contributed by atoms with Crippen LogP contribution in [0.4, 0.5) is 13.2 Å². The van der Waals surface area contributed by atoms with E-state index in [1.54, 1.807) is 24.3 Å². The van der Waals surface area contributed by atoms with E-state index < -0.39 is 23.2 Å². The molecule has 1 aliphatic heterocycles. The Morgan fingerprint density at radius 2 is 1.88 bits per heavy atom. The quantitative estimate of drug-likeness (QED) is 0.797. The molecule has 126 valence electrons. The summed E-state index contributed by atoms with van der Waals surface area (Å²) in [7, 11) is 0. The fourth-order valence-electron chi connectivity index (χ4n) is 2.67. The molecule has 0 fully saturated rings. The predicted octanol–water partition coefficient (Wildman–Crippen LogP) is 1.33. The van der Waals surface area contributed by atoms with Crippen LogP contribution in [0.2, 0.25) is 0 Å². The molecule has 0 aliphatic carbocycles. The Hall–Kier alpha value is -2.84. The van der Waals surface area contributed by atoms with Gasteiger partial charge in [0, 0.05) is 25.2 Å². The molecule has 1 amide bonds. The number of carbonyl (C=O) groups excluding carboxylic acids is 1. The topological polar surface area (TPSA) is 75.2 Å². The lowest BCUT2D eigenvalue weighted by Gasteiger charge is -2.27. The zero-order valence-electron chi connectivity index (χ0n) is 12.3. The van der Waals surface area contributed by atoms with Crippen LogP contribution in [-0.4, -0.2) is 39.6 Å². The van der Waals surface area contributed by atoms with Crippen LogP contribution in [0, 0.1) is 0 Å². The number of hydrogen-bond donors (Lipinski definition) is 1. The molecule has 2 heterocycles. The molecule has 0 bridgehead atoms. The number of alkyl halides is 3. The van der Waals surface area contributed by atoms with Crippen molar-refractivity contribution in [1.29, 1.82) is 0 Å². The summed E-state index contributed by atoms with van der Waals surface area (Å²) in [5.74, 6) is -1.92. The van der Waals surface area contributed by atoms with E-state index in [-0.39, 0.29) is 19.5 Å². The second-order valence-corrected chi connectivity index (χ2v) is 5.31. The first kappa shape index (κ1) is 16.0. The lowest BCUT2D eigenvalue weighted by molar-refractivity contribution is -0.185. The van der Waals surface area contributed by atoms with Crippen LogP contribution < -0.4 is 11.1 Å². The second kappa shape index (κ2) is 5.66. The lowest BCUT2D eigenvalue weighted by Crippen LogP contribution is -2.44. The predicted molar refractivity (Wildman–Crippen MR) is 80.4 cm³/mol. The SMILES string of the molecule is O=C(N1CC=C(n2c(=O)c(=O)[nH]c3ccccc32)CC1)C(F)(F)F. The van der Waals surface area contributed by atoms with Gasteiger partial charge in [-0.2, -0.15) is 13.2 Å². The molecule has 1 aromatic carbocycles. The highest BCUT2D eigenvalue weighted by atomic mass is 19.4. The molecule has 1 aliphatic rings. The molecule has 3 rings (SSSR count). The Labute approximate surface area is 132 Å². The van der Waals surface area contributed by atoms with Gasteiger partial charge in [-0.1, -0.05) is 12.1 Å². The van der Waals surface area contributed by atoms with Crippen LogP contribution in [-0.2, 0) is 4.79 Å². The van der Waals surface area contributed by atoms with Crippen molar-refractivity contribution in [3.63, 3.8) is 0 Å². The van der Waals surface area contributed by atoms with Gasteiger partial charge in [-0.3, -0.25) is 19.0 Å². The van der Waals surface area contributed by atoms with Gasteiger partial charge in [0.2, 0.25) is 0 Å². The summed E-state index contributed by atoms with van der Waals surface area (Å²) in [4.78, 5) is 38.3. The number of para-hydroxylation sites is 2. The normalized spacial score (nSPS) is 15.5. The molecule has 6 nitrogen and oxygen atoms in total. The molecule has 2 aromatic rings. The van der Waals surface area contributed by atoms with Crippen molar-refractivity contribution in [2.24, 2.45) is 0 Å². The molecule has 0 spiro atoms. The Bertz CT molecular complexity index is 956. The number of hydrogen-bond acceptors (Lipinski definition) is 3. The third-order valence-corrected chi connectivity index (χ3v) is 3.79. The van der Waals surface area contributed by atoms with Crippen molar-refractivity contribution in [3.8, 4) is 0 Å². The summed E-state index contributed by atoms with van der Waals surface area (Å²) in [5.41, 5.74) is -0.340. The first-order valence-corrected chi connectivity index (χ1v) is 7.08.